The van der Waals surface area contributed by atoms with E-state index in [0.717, 1.165) is 19.6 Å². The first-order chi connectivity index (χ1) is 14.5. The van der Waals surface area contributed by atoms with E-state index in [1.165, 1.54) is 23.3 Å². The van der Waals surface area contributed by atoms with E-state index in [1.54, 1.807) is 29.1 Å². The average Bonchev–Trinajstić information content (AvgIpc) is 3.26. The lowest BCUT2D eigenvalue weighted by Gasteiger charge is -2.34. The fourth-order valence-electron chi connectivity index (χ4n) is 3.61. The molecule has 0 aliphatic carbocycles. The molecule has 30 heavy (non-hydrogen) atoms. The van der Waals surface area contributed by atoms with Crippen LogP contribution >= 0.6 is 0 Å². The summed E-state index contributed by atoms with van der Waals surface area (Å²) in [5.74, 6) is -0.0915. The molecule has 3 aromatic rings. The molecular weight excluding hydrogens is 382 g/mol. The highest BCUT2D eigenvalue weighted by atomic mass is 16.6. The highest BCUT2D eigenvalue weighted by Gasteiger charge is 2.24. The molecule has 0 saturated carbocycles. The van der Waals surface area contributed by atoms with Crippen LogP contribution in [0.5, 0.6) is 0 Å². The second-order valence-corrected chi connectivity index (χ2v) is 7.41. The highest BCUT2D eigenvalue weighted by molar-refractivity contribution is 5.92. The summed E-state index contributed by atoms with van der Waals surface area (Å²) < 4.78 is 1.56. The minimum atomic E-state index is -0.444. The van der Waals surface area contributed by atoms with Gasteiger partial charge in [-0.25, -0.2) is 4.68 Å². The van der Waals surface area contributed by atoms with Gasteiger partial charge >= 0.3 is 0 Å². The molecule has 0 N–H and O–H groups in total. The molecule has 4 rings (SSSR count). The van der Waals surface area contributed by atoms with Crippen LogP contribution in [-0.4, -0.2) is 56.6 Å². The van der Waals surface area contributed by atoms with Crippen LogP contribution in [0.15, 0.2) is 60.8 Å². The summed E-state index contributed by atoms with van der Waals surface area (Å²) >= 11 is 0. The minimum Gasteiger partial charge on any atom is -0.335 e. The maximum absolute atomic E-state index is 12.8. The number of nitro benzene ring substituents is 1. The molecule has 0 atom stereocenters. The van der Waals surface area contributed by atoms with Crippen molar-refractivity contribution in [3.63, 3.8) is 0 Å². The zero-order valence-corrected chi connectivity index (χ0v) is 16.8. The lowest BCUT2D eigenvalue weighted by Crippen LogP contribution is -2.48. The van der Waals surface area contributed by atoms with Gasteiger partial charge in [-0.2, -0.15) is 5.10 Å². The van der Waals surface area contributed by atoms with Gasteiger partial charge in [0, 0.05) is 51.1 Å². The second-order valence-electron chi connectivity index (χ2n) is 7.41. The van der Waals surface area contributed by atoms with Gasteiger partial charge in [-0.15, -0.1) is 0 Å². The lowest BCUT2D eigenvalue weighted by atomic mass is 10.1. The smallest absolute Gasteiger partial charge is 0.274 e. The Labute approximate surface area is 174 Å². The molecule has 154 valence electrons. The zero-order valence-electron chi connectivity index (χ0n) is 16.8. The Kier molecular flexibility index (Phi) is 5.58. The predicted molar refractivity (Wildman–Crippen MR) is 113 cm³/mol. The minimum absolute atomic E-state index is 0.0192. The number of rotatable bonds is 5. The van der Waals surface area contributed by atoms with E-state index in [9.17, 15) is 14.9 Å². The first-order valence-electron chi connectivity index (χ1n) is 9.88. The Balaban J connectivity index is 1.37. The molecule has 2 heterocycles. The van der Waals surface area contributed by atoms with E-state index in [2.05, 4.69) is 35.1 Å². The Morgan fingerprint density at radius 1 is 1.03 bits per heavy atom. The van der Waals surface area contributed by atoms with Gasteiger partial charge in [0.2, 0.25) is 0 Å². The van der Waals surface area contributed by atoms with Crippen LogP contribution in [0.1, 0.15) is 21.6 Å². The molecule has 1 aliphatic rings. The van der Waals surface area contributed by atoms with E-state index >= 15 is 0 Å². The number of carbonyl (C=O) groups excluding carboxylic acids is 1. The fraction of sp³-hybridized carbons (Fsp3) is 0.273. The van der Waals surface area contributed by atoms with E-state index in [1.807, 2.05) is 11.0 Å². The maximum atomic E-state index is 12.8. The summed E-state index contributed by atoms with van der Waals surface area (Å²) in [5.41, 5.74) is 3.67. The van der Waals surface area contributed by atoms with Crippen molar-refractivity contribution in [3.8, 4) is 5.69 Å². The van der Waals surface area contributed by atoms with Gasteiger partial charge in [0.05, 0.1) is 10.6 Å². The number of aryl methyl sites for hydroxylation is 1. The molecule has 8 nitrogen and oxygen atoms in total. The SMILES string of the molecule is Cc1ccccc1CN1CCN(C(=O)c2ccn(-c3ccc([N+](=O)[O-])cc3)n2)CC1. The van der Waals surface area contributed by atoms with Gasteiger partial charge in [-0.05, 0) is 36.2 Å². The Bertz CT molecular complexity index is 1050. The molecule has 2 aromatic carbocycles. The van der Waals surface area contributed by atoms with Gasteiger partial charge in [-0.1, -0.05) is 24.3 Å². The van der Waals surface area contributed by atoms with Crippen molar-refractivity contribution >= 4 is 11.6 Å². The number of nitro groups is 1. The Morgan fingerprint density at radius 2 is 1.73 bits per heavy atom. The Hall–Kier alpha value is -3.52. The molecule has 0 unspecified atom stereocenters. The molecule has 0 bridgehead atoms. The van der Waals surface area contributed by atoms with Crippen LogP contribution in [0.2, 0.25) is 0 Å². The van der Waals surface area contributed by atoms with Crippen molar-refractivity contribution in [3.05, 3.63) is 87.7 Å². The molecule has 1 aromatic heterocycles. The second kappa shape index (κ2) is 8.46. The van der Waals surface area contributed by atoms with Crippen LogP contribution in [0, 0.1) is 17.0 Å². The summed E-state index contributed by atoms with van der Waals surface area (Å²) in [6.07, 6.45) is 1.70. The maximum Gasteiger partial charge on any atom is 0.274 e. The number of amides is 1. The van der Waals surface area contributed by atoms with Gasteiger partial charge in [0.15, 0.2) is 5.69 Å². The van der Waals surface area contributed by atoms with Crippen LogP contribution in [-0.2, 0) is 6.54 Å². The first kappa shape index (κ1) is 19.8. The van der Waals surface area contributed by atoms with Gasteiger partial charge in [0.25, 0.3) is 11.6 Å². The standard InChI is InChI=1S/C22H23N5O3/c1-17-4-2-3-5-18(17)16-24-12-14-25(15-13-24)22(28)21-10-11-26(23-21)19-6-8-20(9-7-19)27(29)30/h2-11H,12-16H2,1H3. The molecule has 1 aliphatic heterocycles. The van der Waals surface area contributed by atoms with Crippen molar-refractivity contribution in [2.45, 2.75) is 13.5 Å². The Morgan fingerprint density at radius 3 is 2.40 bits per heavy atom. The third-order valence-corrected chi connectivity index (χ3v) is 5.45. The quantitative estimate of drug-likeness (QED) is 0.481. The summed E-state index contributed by atoms with van der Waals surface area (Å²) in [6.45, 7) is 5.98. The molecule has 0 spiro atoms. The van der Waals surface area contributed by atoms with E-state index in [4.69, 9.17) is 0 Å². The normalized spacial score (nSPS) is 14.6. The number of nitrogens with zero attached hydrogens (tertiary/aromatic N) is 5. The molecule has 8 heteroatoms. The molecule has 1 amide bonds. The number of aromatic nitrogens is 2. The number of benzene rings is 2. The van der Waals surface area contributed by atoms with Crippen molar-refractivity contribution < 1.29 is 9.72 Å². The average molecular weight is 405 g/mol. The summed E-state index contributed by atoms with van der Waals surface area (Å²) in [5, 5.41) is 15.2. The largest absolute Gasteiger partial charge is 0.335 e. The highest BCUT2D eigenvalue weighted by Crippen LogP contribution is 2.17. The van der Waals surface area contributed by atoms with Crippen molar-refractivity contribution in [1.29, 1.82) is 0 Å². The predicted octanol–water partition coefficient (Wildman–Crippen LogP) is 3.05. The lowest BCUT2D eigenvalue weighted by molar-refractivity contribution is -0.384. The number of hydrogen-bond acceptors (Lipinski definition) is 5. The van der Waals surface area contributed by atoms with Crippen molar-refractivity contribution in [1.82, 2.24) is 19.6 Å². The van der Waals surface area contributed by atoms with Crippen LogP contribution in [0.4, 0.5) is 5.69 Å². The van der Waals surface area contributed by atoms with Gasteiger partial charge < -0.3 is 4.90 Å². The summed E-state index contributed by atoms with van der Waals surface area (Å²) in [7, 11) is 0. The molecule has 1 saturated heterocycles. The number of piperazine rings is 1. The summed E-state index contributed by atoms with van der Waals surface area (Å²) in [6, 6.07) is 16.1. The third kappa shape index (κ3) is 4.23. The molecular formula is C22H23N5O3. The molecule has 1 fully saturated rings. The third-order valence-electron chi connectivity index (χ3n) is 5.45. The van der Waals surface area contributed by atoms with Crippen LogP contribution in [0.25, 0.3) is 5.69 Å². The number of carbonyl (C=O) groups is 1. The molecule has 0 radical (unpaired) electrons. The van der Waals surface area contributed by atoms with Crippen LogP contribution in [0.3, 0.4) is 0 Å². The number of hydrogen-bond donors (Lipinski definition) is 0. The zero-order chi connectivity index (χ0) is 21.1. The monoisotopic (exact) mass is 405 g/mol. The van der Waals surface area contributed by atoms with Crippen molar-refractivity contribution in [2.24, 2.45) is 0 Å². The summed E-state index contributed by atoms with van der Waals surface area (Å²) in [4.78, 5) is 27.4. The van der Waals surface area contributed by atoms with Crippen LogP contribution < -0.4 is 0 Å². The van der Waals surface area contributed by atoms with E-state index in [-0.39, 0.29) is 11.6 Å². The van der Waals surface area contributed by atoms with E-state index < -0.39 is 4.92 Å². The van der Waals surface area contributed by atoms with Gasteiger partial charge in [0.1, 0.15) is 0 Å². The van der Waals surface area contributed by atoms with Crippen molar-refractivity contribution in [2.75, 3.05) is 26.2 Å². The topological polar surface area (TPSA) is 84.5 Å². The van der Waals surface area contributed by atoms with Gasteiger partial charge in [-0.3, -0.25) is 19.8 Å². The first-order valence-corrected chi connectivity index (χ1v) is 9.88. The van der Waals surface area contributed by atoms with E-state index in [0.29, 0.717) is 24.5 Å². The number of non-ortho nitro benzene ring substituents is 1. The fourth-order valence-corrected chi connectivity index (χ4v) is 3.61.